The molecule has 0 atom stereocenters. The number of rotatable bonds is 2. The highest BCUT2D eigenvalue weighted by Gasteiger charge is 2.38. The third-order valence-electron chi connectivity index (χ3n) is 2.81. The summed E-state index contributed by atoms with van der Waals surface area (Å²) >= 11 is 0. The van der Waals surface area contributed by atoms with Crippen LogP contribution in [0.5, 0.6) is 0 Å². The molecule has 0 amide bonds. The van der Waals surface area contributed by atoms with Crippen LogP contribution in [0.4, 0.5) is 0 Å². The van der Waals surface area contributed by atoms with Crippen LogP contribution in [0.1, 0.15) is 46.0 Å². The van der Waals surface area contributed by atoms with Crippen molar-refractivity contribution in [2.75, 3.05) is 0 Å². The molecule has 0 aliphatic heterocycles. The van der Waals surface area contributed by atoms with E-state index in [4.69, 9.17) is 9.94 Å². The molecule has 0 heterocycles. The maximum atomic E-state index is 11.0. The molecule has 1 N–H and O–H groups in total. The van der Waals surface area contributed by atoms with Crippen molar-refractivity contribution in [1.29, 1.82) is 0 Å². The van der Waals surface area contributed by atoms with Crippen molar-refractivity contribution < 1.29 is 14.7 Å². The maximum Gasteiger partial charge on any atom is 0.303 e. The van der Waals surface area contributed by atoms with Gasteiger partial charge in [0.1, 0.15) is 0 Å². The third kappa shape index (κ3) is 2.25. The minimum absolute atomic E-state index is 0.310. The molecular formula is C10H17NO3. The van der Waals surface area contributed by atoms with Gasteiger partial charge in [-0.2, -0.15) is 0 Å². The normalized spacial score (nSPS) is 21.7. The Morgan fingerprint density at radius 2 is 1.86 bits per heavy atom. The molecule has 0 aromatic rings. The van der Waals surface area contributed by atoms with Crippen LogP contribution in [0.25, 0.3) is 0 Å². The molecule has 1 aliphatic carbocycles. The zero-order valence-corrected chi connectivity index (χ0v) is 8.75. The van der Waals surface area contributed by atoms with Gasteiger partial charge in [-0.05, 0) is 32.6 Å². The van der Waals surface area contributed by atoms with Crippen molar-refractivity contribution in [2.45, 2.75) is 51.6 Å². The highest BCUT2D eigenvalue weighted by Crippen LogP contribution is 2.33. The van der Waals surface area contributed by atoms with Crippen LogP contribution < -0.4 is 0 Å². The number of carbonyl (C=O) groups excluding carboxylic acids is 1. The summed E-state index contributed by atoms with van der Waals surface area (Å²) in [5.74, 6) is -0.310. The lowest BCUT2D eigenvalue weighted by Gasteiger charge is -2.35. The van der Waals surface area contributed by atoms with Gasteiger partial charge in [0.25, 0.3) is 0 Å². The highest BCUT2D eigenvalue weighted by atomic mass is 16.6. The van der Waals surface area contributed by atoms with Crippen molar-refractivity contribution in [3.63, 3.8) is 0 Å². The average molecular weight is 199 g/mol. The van der Waals surface area contributed by atoms with E-state index in [0.717, 1.165) is 32.1 Å². The van der Waals surface area contributed by atoms with E-state index in [1.807, 2.05) is 0 Å². The minimum Gasteiger partial charge on any atom is -0.453 e. The Kier molecular flexibility index (Phi) is 3.49. The number of carbonyl (C=O) groups is 1. The molecule has 4 nitrogen and oxygen atoms in total. The van der Waals surface area contributed by atoms with E-state index in [2.05, 4.69) is 5.16 Å². The SMILES string of the molecule is CC(=O)OC1(/C(C)=N/O)CCCCC1. The first kappa shape index (κ1) is 11.0. The summed E-state index contributed by atoms with van der Waals surface area (Å²) in [7, 11) is 0. The summed E-state index contributed by atoms with van der Waals surface area (Å²) in [5, 5.41) is 11.9. The van der Waals surface area contributed by atoms with Crippen LogP contribution in [0.15, 0.2) is 5.16 Å². The van der Waals surface area contributed by atoms with Crippen molar-refractivity contribution in [1.82, 2.24) is 0 Å². The molecule has 1 fully saturated rings. The third-order valence-corrected chi connectivity index (χ3v) is 2.81. The fourth-order valence-electron chi connectivity index (χ4n) is 2.03. The molecule has 14 heavy (non-hydrogen) atoms. The van der Waals surface area contributed by atoms with Crippen molar-refractivity contribution in [3.05, 3.63) is 0 Å². The zero-order valence-electron chi connectivity index (χ0n) is 8.75. The van der Waals surface area contributed by atoms with E-state index in [9.17, 15) is 4.79 Å². The number of hydrogen-bond acceptors (Lipinski definition) is 4. The summed E-state index contributed by atoms with van der Waals surface area (Å²) in [6.07, 6.45) is 4.72. The number of hydrogen-bond donors (Lipinski definition) is 1. The molecule has 0 spiro atoms. The van der Waals surface area contributed by atoms with Gasteiger partial charge < -0.3 is 9.94 Å². The lowest BCUT2D eigenvalue weighted by Crippen LogP contribution is -2.43. The van der Waals surface area contributed by atoms with Gasteiger partial charge in [-0.1, -0.05) is 11.6 Å². The van der Waals surface area contributed by atoms with Gasteiger partial charge in [0.2, 0.25) is 0 Å². The Hall–Kier alpha value is -1.06. The minimum atomic E-state index is -0.640. The maximum absolute atomic E-state index is 11.0. The molecule has 1 rings (SSSR count). The van der Waals surface area contributed by atoms with Crippen LogP contribution in [-0.2, 0) is 9.53 Å². The molecular weight excluding hydrogens is 182 g/mol. The Bertz CT molecular complexity index is 242. The molecule has 0 saturated heterocycles. The standard InChI is InChI=1S/C10H17NO3/c1-8(11-13)10(14-9(2)12)6-4-3-5-7-10/h13H,3-7H2,1-2H3/b11-8+. The van der Waals surface area contributed by atoms with Crippen molar-refractivity contribution >= 4 is 11.7 Å². The van der Waals surface area contributed by atoms with E-state index in [0.29, 0.717) is 5.71 Å². The first-order chi connectivity index (χ1) is 6.60. The molecule has 0 radical (unpaired) electrons. The van der Waals surface area contributed by atoms with E-state index in [1.165, 1.54) is 6.92 Å². The summed E-state index contributed by atoms with van der Waals surface area (Å²) in [6, 6.07) is 0. The monoisotopic (exact) mass is 199 g/mol. The van der Waals surface area contributed by atoms with E-state index < -0.39 is 5.60 Å². The van der Waals surface area contributed by atoms with Crippen molar-refractivity contribution in [3.8, 4) is 0 Å². The van der Waals surface area contributed by atoms with Gasteiger partial charge in [0, 0.05) is 6.92 Å². The quantitative estimate of drug-likeness (QED) is 0.320. The largest absolute Gasteiger partial charge is 0.453 e. The van der Waals surface area contributed by atoms with Crippen LogP contribution in [-0.4, -0.2) is 22.5 Å². The van der Waals surface area contributed by atoms with Crippen LogP contribution in [0.2, 0.25) is 0 Å². The Morgan fingerprint density at radius 3 is 2.29 bits per heavy atom. The second kappa shape index (κ2) is 4.44. The Balaban J connectivity index is 2.82. The molecule has 0 bridgehead atoms. The molecule has 0 aromatic carbocycles. The summed E-state index contributed by atoms with van der Waals surface area (Å²) in [6.45, 7) is 3.09. The fourth-order valence-corrected chi connectivity index (χ4v) is 2.03. The van der Waals surface area contributed by atoms with Gasteiger partial charge in [-0.25, -0.2) is 0 Å². The van der Waals surface area contributed by atoms with Crippen LogP contribution in [0, 0.1) is 0 Å². The second-order valence-corrected chi connectivity index (χ2v) is 3.83. The fraction of sp³-hybridized carbons (Fsp3) is 0.800. The predicted octanol–water partition coefficient (Wildman–Crippen LogP) is 2.10. The smallest absolute Gasteiger partial charge is 0.303 e. The Morgan fingerprint density at radius 1 is 1.29 bits per heavy atom. The van der Waals surface area contributed by atoms with E-state index in [1.54, 1.807) is 6.92 Å². The summed E-state index contributed by atoms with van der Waals surface area (Å²) < 4.78 is 5.30. The summed E-state index contributed by atoms with van der Waals surface area (Å²) in [4.78, 5) is 11.0. The average Bonchev–Trinajstić information content (AvgIpc) is 2.17. The lowest BCUT2D eigenvalue weighted by molar-refractivity contribution is -0.152. The Labute approximate surface area is 83.9 Å². The van der Waals surface area contributed by atoms with Crippen LogP contribution >= 0.6 is 0 Å². The predicted molar refractivity (Wildman–Crippen MR) is 52.5 cm³/mol. The number of oxime groups is 1. The zero-order chi connectivity index (χ0) is 10.6. The van der Waals surface area contributed by atoms with Gasteiger partial charge >= 0.3 is 5.97 Å². The lowest BCUT2D eigenvalue weighted by atomic mass is 9.81. The number of ether oxygens (including phenoxy) is 1. The van der Waals surface area contributed by atoms with E-state index >= 15 is 0 Å². The van der Waals surface area contributed by atoms with Gasteiger partial charge in [0.05, 0.1) is 5.71 Å². The van der Waals surface area contributed by atoms with Gasteiger partial charge in [0.15, 0.2) is 5.60 Å². The highest BCUT2D eigenvalue weighted by molar-refractivity contribution is 5.91. The molecule has 4 heteroatoms. The summed E-state index contributed by atoms with van der Waals surface area (Å²) in [5.41, 5.74) is -0.133. The molecule has 80 valence electrons. The van der Waals surface area contributed by atoms with E-state index in [-0.39, 0.29) is 5.97 Å². The van der Waals surface area contributed by atoms with Crippen molar-refractivity contribution in [2.24, 2.45) is 5.16 Å². The molecule has 0 unspecified atom stereocenters. The first-order valence-electron chi connectivity index (χ1n) is 4.99. The molecule has 1 aliphatic rings. The second-order valence-electron chi connectivity index (χ2n) is 3.83. The van der Waals surface area contributed by atoms with Gasteiger partial charge in [-0.15, -0.1) is 0 Å². The molecule has 1 saturated carbocycles. The number of nitrogens with zero attached hydrogens (tertiary/aromatic N) is 1. The molecule has 0 aromatic heterocycles. The van der Waals surface area contributed by atoms with Crippen LogP contribution in [0.3, 0.4) is 0 Å². The first-order valence-corrected chi connectivity index (χ1v) is 4.99. The number of esters is 1. The van der Waals surface area contributed by atoms with Gasteiger partial charge in [-0.3, -0.25) is 4.79 Å². The topological polar surface area (TPSA) is 58.9 Å².